The summed E-state index contributed by atoms with van der Waals surface area (Å²) in [5.41, 5.74) is 0. The van der Waals surface area contributed by atoms with Crippen LogP contribution in [0, 0.1) is 0 Å². The van der Waals surface area contributed by atoms with Crippen molar-refractivity contribution in [2.45, 2.75) is 25.7 Å². The maximum atomic E-state index is 8.90. The minimum Gasteiger partial charge on any atom is -0.395 e. The van der Waals surface area contributed by atoms with Crippen LogP contribution in [-0.2, 0) is 0 Å². The van der Waals surface area contributed by atoms with E-state index in [9.17, 15) is 0 Å². The van der Waals surface area contributed by atoms with Gasteiger partial charge in [-0.15, -0.1) is 0 Å². The van der Waals surface area contributed by atoms with Gasteiger partial charge in [0.05, 0.1) is 26.6 Å². The zero-order valence-electron chi connectivity index (χ0n) is 13.5. The summed E-state index contributed by atoms with van der Waals surface area (Å²) in [6.07, 6.45) is 13.4. The van der Waals surface area contributed by atoms with Crippen LogP contribution in [0.5, 0.6) is 0 Å². The molecule has 0 aromatic carbocycles. The summed E-state index contributed by atoms with van der Waals surface area (Å²) >= 11 is 0. The molecule has 2 rings (SSSR count). The molecule has 0 spiro atoms. The van der Waals surface area contributed by atoms with Crippen molar-refractivity contribution in [3.63, 3.8) is 0 Å². The van der Waals surface area contributed by atoms with Crippen molar-refractivity contribution in [2.75, 3.05) is 52.7 Å². The lowest BCUT2D eigenvalue weighted by Crippen LogP contribution is -2.28. The van der Waals surface area contributed by atoms with E-state index in [1.54, 1.807) is 0 Å². The Bertz CT molecular complexity index is 328. The fourth-order valence-corrected chi connectivity index (χ4v) is 2.85. The fraction of sp³-hybridized carbons (Fsp3) is 0.750. The van der Waals surface area contributed by atoms with E-state index in [2.05, 4.69) is 44.4 Å². The number of rotatable bonds is 11. The first kappa shape index (κ1) is 17.0. The van der Waals surface area contributed by atoms with E-state index in [1.807, 2.05) is 0 Å². The first-order valence-electron chi connectivity index (χ1n) is 8.36. The number of hydrogen-bond acceptors (Lipinski definition) is 6. The van der Waals surface area contributed by atoms with Gasteiger partial charge in [0.25, 0.3) is 0 Å². The summed E-state index contributed by atoms with van der Waals surface area (Å²) in [6, 6.07) is 0. The summed E-state index contributed by atoms with van der Waals surface area (Å²) in [7, 11) is 0. The Morgan fingerprint density at radius 2 is 0.909 bits per heavy atom. The summed E-state index contributed by atoms with van der Waals surface area (Å²) in [4.78, 5) is 8.90. The van der Waals surface area contributed by atoms with E-state index in [0.29, 0.717) is 0 Å². The van der Waals surface area contributed by atoms with Gasteiger partial charge in [-0.2, -0.15) is 0 Å². The Morgan fingerprint density at radius 1 is 0.545 bits per heavy atom. The molecule has 2 aliphatic heterocycles. The van der Waals surface area contributed by atoms with Crippen LogP contribution in [-0.4, -0.2) is 82.5 Å². The zero-order chi connectivity index (χ0) is 15.6. The molecule has 2 heterocycles. The molecular formula is C16H30N4O2. The van der Waals surface area contributed by atoms with Gasteiger partial charge in [-0.1, -0.05) is 12.8 Å². The van der Waals surface area contributed by atoms with Crippen LogP contribution in [0.2, 0.25) is 0 Å². The van der Waals surface area contributed by atoms with Gasteiger partial charge in [0.1, 0.15) is 0 Å². The molecule has 0 atom stereocenters. The van der Waals surface area contributed by atoms with E-state index in [-0.39, 0.29) is 13.2 Å². The highest BCUT2D eigenvalue weighted by Gasteiger charge is 2.12. The highest BCUT2D eigenvalue weighted by molar-refractivity contribution is 4.91. The Balaban J connectivity index is 1.42. The third kappa shape index (κ3) is 5.77. The van der Waals surface area contributed by atoms with E-state index in [1.165, 1.54) is 25.7 Å². The monoisotopic (exact) mass is 310 g/mol. The quantitative estimate of drug-likeness (QED) is 0.546. The second-order valence-corrected chi connectivity index (χ2v) is 5.99. The zero-order valence-corrected chi connectivity index (χ0v) is 13.5. The van der Waals surface area contributed by atoms with Gasteiger partial charge in [-0.3, -0.25) is 0 Å². The Hall–Kier alpha value is -1.40. The molecule has 22 heavy (non-hydrogen) atoms. The number of unbranched alkanes of at least 4 members (excludes halogenated alkanes) is 3. The highest BCUT2D eigenvalue weighted by atomic mass is 16.3. The minimum absolute atomic E-state index is 0.221. The molecule has 2 aliphatic rings. The third-order valence-corrected chi connectivity index (χ3v) is 4.12. The van der Waals surface area contributed by atoms with Gasteiger partial charge in [0.2, 0.25) is 0 Å². The Morgan fingerprint density at radius 3 is 1.27 bits per heavy atom. The molecular weight excluding hydrogens is 280 g/mol. The third-order valence-electron chi connectivity index (χ3n) is 4.12. The minimum atomic E-state index is 0.221. The maximum absolute atomic E-state index is 8.90. The van der Waals surface area contributed by atoms with Gasteiger partial charge in [0, 0.05) is 51.0 Å². The number of β-amino-alcohol motifs (C(OH)–C–C–N with tert-alkyl or cyclic N) is 2. The second-order valence-electron chi connectivity index (χ2n) is 5.99. The second kappa shape index (κ2) is 9.58. The Labute approximate surface area is 133 Å². The van der Waals surface area contributed by atoms with Gasteiger partial charge >= 0.3 is 0 Å². The number of aliphatic hydroxyl groups is 2. The van der Waals surface area contributed by atoms with E-state index < -0.39 is 0 Å². The number of hydrogen-bond donors (Lipinski definition) is 2. The molecule has 0 saturated carbocycles. The van der Waals surface area contributed by atoms with E-state index in [0.717, 1.165) is 39.5 Å². The molecule has 0 bridgehead atoms. The van der Waals surface area contributed by atoms with Crippen LogP contribution in [0.1, 0.15) is 25.7 Å². The van der Waals surface area contributed by atoms with E-state index >= 15 is 0 Å². The topological polar surface area (TPSA) is 53.4 Å². The first-order chi connectivity index (χ1) is 10.8. The maximum Gasteiger partial charge on any atom is 0.0894 e. The average molecular weight is 310 g/mol. The molecule has 0 unspecified atom stereocenters. The summed E-state index contributed by atoms with van der Waals surface area (Å²) in [5, 5.41) is 17.8. The predicted octanol–water partition coefficient (Wildman–Crippen LogP) is 0.624. The van der Waals surface area contributed by atoms with Crippen molar-refractivity contribution >= 4 is 0 Å². The highest BCUT2D eigenvalue weighted by Crippen LogP contribution is 2.11. The number of nitrogens with zero attached hydrogens (tertiary/aromatic N) is 4. The summed E-state index contributed by atoms with van der Waals surface area (Å²) in [6.45, 7) is 5.93. The van der Waals surface area contributed by atoms with Gasteiger partial charge < -0.3 is 29.8 Å². The summed E-state index contributed by atoms with van der Waals surface area (Å²) in [5.74, 6) is 0. The summed E-state index contributed by atoms with van der Waals surface area (Å²) < 4.78 is 0. The van der Waals surface area contributed by atoms with Gasteiger partial charge in [-0.05, 0) is 12.8 Å². The largest absolute Gasteiger partial charge is 0.395 e. The van der Waals surface area contributed by atoms with Crippen molar-refractivity contribution in [3.05, 3.63) is 24.8 Å². The standard InChI is InChI=1S/C16H30N4O2/c21-13-11-19-9-7-17(15-19)5-3-1-2-4-6-18-8-10-20(16-18)12-14-22/h7-10,21-22H,1-6,11-16H2. The molecule has 0 amide bonds. The Kier molecular flexibility index (Phi) is 7.39. The lowest BCUT2D eigenvalue weighted by atomic mass is 10.2. The van der Waals surface area contributed by atoms with Crippen molar-refractivity contribution < 1.29 is 10.2 Å². The first-order valence-corrected chi connectivity index (χ1v) is 8.36. The smallest absolute Gasteiger partial charge is 0.0894 e. The molecule has 0 radical (unpaired) electrons. The van der Waals surface area contributed by atoms with Crippen LogP contribution in [0.3, 0.4) is 0 Å². The van der Waals surface area contributed by atoms with Crippen LogP contribution in [0.25, 0.3) is 0 Å². The van der Waals surface area contributed by atoms with Gasteiger partial charge in [0.15, 0.2) is 0 Å². The number of aliphatic hydroxyl groups excluding tert-OH is 2. The van der Waals surface area contributed by atoms with Gasteiger partial charge in [-0.25, -0.2) is 0 Å². The molecule has 0 aromatic rings. The molecule has 6 heteroatoms. The molecule has 126 valence electrons. The molecule has 0 fully saturated rings. The SMILES string of the molecule is OCCN1C=CN(CCCCCCN2C=CN(CCO)C2)C1. The normalized spacial score (nSPS) is 17.4. The lowest BCUT2D eigenvalue weighted by Gasteiger charge is -2.21. The van der Waals surface area contributed by atoms with Crippen molar-refractivity contribution in [2.24, 2.45) is 0 Å². The molecule has 2 N–H and O–H groups in total. The van der Waals surface area contributed by atoms with Crippen molar-refractivity contribution in [1.29, 1.82) is 0 Å². The molecule has 0 saturated heterocycles. The van der Waals surface area contributed by atoms with Crippen LogP contribution < -0.4 is 0 Å². The van der Waals surface area contributed by atoms with Crippen LogP contribution in [0.4, 0.5) is 0 Å². The van der Waals surface area contributed by atoms with E-state index in [4.69, 9.17) is 10.2 Å². The van der Waals surface area contributed by atoms with Crippen molar-refractivity contribution in [1.82, 2.24) is 19.6 Å². The molecule has 6 nitrogen and oxygen atoms in total. The molecule has 0 aliphatic carbocycles. The fourth-order valence-electron chi connectivity index (χ4n) is 2.85. The van der Waals surface area contributed by atoms with Crippen molar-refractivity contribution in [3.8, 4) is 0 Å². The molecule has 0 aromatic heterocycles. The van der Waals surface area contributed by atoms with Crippen LogP contribution >= 0.6 is 0 Å². The average Bonchev–Trinajstić information content (AvgIpc) is 3.13. The lowest BCUT2D eigenvalue weighted by molar-refractivity contribution is 0.202. The predicted molar refractivity (Wildman–Crippen MR) is 87.5 cm³/mol. The van der Waals surface area contributed by atoms with Crippen LogP contribution in [0.15, 0.2) is 24.8 Å².